The van der Waals surface area contributed by atoms with Crippen LogP contribution in [0.15, 0.2) is 18.3 Å². The molecule has 0 aliphatic carbocycles. The number of piperazine rings is 1. The summed E-state index contributed by atoms with van der Waals surface area (Å²) < 4.78 is 0. The molecule has 1 N–H and O–H groups in total. The lowest BCUT2D eigenvalue weighted by molar-refractivity contribution is 0.0595. The molecule has 0 saturated carbocycles. The summed E-state index contributed by atoms with van der Waals surface area (Å²) in [5, 5.41) is 3.14. The van der Waals surface area contributed by atoms with Gasteiger partial charge in [0.05, 0.1) is 0 Å². The van der Waals surface area contributed by atoms with Gasteiger partial charge in [0.2, 0.25) is 0 Å². The van der Waals surface area contributed by atoms with Crippen molar-refractivity contribution in [2.45, 2.75) is 26.8 Å². The van der Waals surface area contributed by atoms with Gasteiger partial charge < -0.3 is 10.2 Å². The van der Waals surface area contributed by atoms with Gasteiger partial charge in [-0.3, -0.25) is 9.69 Å². The molecule has 0 radical (unpaired) electrons. The molecule has 1 amide bonds. The van der Waals surface area contributed by atoms with Gasteiger partial charge >= 0.3 is 0 Å². The van der Waals surface area contributed by atoms with Crippen LogP contribution >= 0.6 is 0 Å². The summed E-state index contributed by atoms with van der Waals surface area (Å²) in [7, 11) is 0. The van der Waals surface area contributed by atoms with E-state index in [0.29, 0.717) is 11.6 Å². The maximum absolute atomic E-state index is 12.5. The molecule has 2 heterocycles. The topological polar surface area (TPSA) is 48.5 Å². The van der Waals surface area contributed by atoms with Crippen molar-refractivity contribution in [2.75, 3.05) is 38.0 Å². The van der Waals surface area contributed by atoms with Crippen molar-refractivity contribution in [1.82, 2.24) is 14.8 Å². The van der Waals surface area contributed by atoms with Crippen LogP contribution in [-0.2, 0) is 0 Å². The largest absolute Gasteiger partial charge is 0.370 e. The summed E-state index contributed by atoms with van der Waals surface area (Å²) in [4.78, 5) is 21.0. The molecule has 0 bridgehead atoms. The molecule has 0 aromatic carbocycles. The van der Waals surface area contributed by atoms with E-state index < -0.39 is 0 Å². The average molecular weight is 276 g/mol. The monoisotopic (exact) mass is 276 g/mol. The zero-order valence-corrected chi connectivity index (χ0v) is 12.6. The highest BCUT2D eigenvalue weighted by molar-refractivity contribution is 5.94. The van der Waals surface area contributed by atoms with Crippen molar-refractivity contribution in [1.29, 1.82) is 0 Å². The van der Waals surface area contributed by atoms with E-state index in [0.717, 1.165) is 38.5 Å². The Balaban J connectivity index is 2.00. The Labute approximate surface area is 121 Å². The third-order valence-electron chi connectivity index (χ3n) is 3.70. The predicted octanol–water partition coefficient (Wildman–Crippen LogP) is 1.68. The van der Waals surface area contributed by atoms with E-state index in [-0.39, 0.29) is 5.91 Å². The van der Waals surface area contributed by atoms with E-state index in [1.165, 1.54) is 0 Å². The fourth-order valence-corrected chi connectivity index (χ4v) is 2.47. The third kappa shape index (κ3) is 3.48. The van der Waals surface area contributed by atoms with Gasteiger partial charge in [-0.15, -0.1) is 0 Å². The number of hydrogen-bond donors (Lipinski definition) is 1. The SMILES string of the molecule is CCNc1cc(C(=O)N2CCN(C(C)C)CC2)ccn1. The molecule has 1 saturated heterocycles. The lowest BCUT2D eigenvalue weighted by Gasteiger charge is -2.37. The summed E-state index contributed by atoms with van der Waals surface area (Å²) >= 11 is 0. The zero-order chi connectivity index (χ0) is 14.5. The van der Waals surface area contributed by atoms with E-state index in [4.69, 9.17) is 0 Å². The highest BCUT2D eigenvalue weighted by Crippen LogP contribution is 2.12. The molecule has 110 valence electrons. The van der Waals surface area contributed by atoms with Crippen LogP contribution in [0.4, 0.5) is 5.82 Å². The standard InChI is InChI=1S/C15H24N4O/c1-4-16-14-11-13(5-6-17-14)15(20)19-9-7-18(8-10-19)12(2)3/h5-6,11-12H,4,7-10H2,1-3H3,(H,16,17). The van der Waals surface area contributed by atoms with E-state index in [1.807, 2.05) is 17.9 Å². The Morgan fingerprint density at radius 3 is 2.65 bits per heavy atom. The number of pyridine rings is 1. The second kappa shape index (κ2) is 6.70. The first-order valence-corrected chi connectivity index (χ1v) is 7.35. The predicted molar refractivity (Wildman–Crippen MR) is 81.0 cm³/mol. The Hall–Kier alpha value is -1.62. The fraction of sp³-hybridized carbons (Fsp3) is 0.600. The lowest BCUT2D eigenvalue weighted by Crippen LogP contribution is -2.50. The van der Waals surface area contributed by atoms with Gasteiger partial charge in [0.15, 0.2) is 0 Å². The molecule has 2 rings (SSSR count). The Morgan fingerprint density at radius 1 is 1.35 bits per heavy atom. The molecular formula is C15H24N4O. The van der Waals surface area contributed by atoms with Crippen LogP contribution in [0.25, 0.3) is 0 Å². The van der Waals surface area contributed by atoms with Crippen molar-refractivity contribution in [3.05, 3.63) is 23.9 Å². The van der Waals surface area contributed by atoms with E-state index >= 15 is 0 Å². The summed E-state index contributed by atoms with van der Waals surface area (Å²) in [6.07, 6.45) is 1.69. The quantitative estimate of drug-likeness (QED) is 0.909. The molecule has 1 aromatic heterocycles. The normalized spacial score (nSPS) is 16.5. The highest BCUT2D eigenvalue weighted by atomic mass is 16.2. The summed E-state index contributed by atoms with van der Waals surface area (Å²) in [6, 6.07) is 4.17. The van der Waals surface area contributed by atoms with Crippen LogP contribution < -0.4 is 5.32 Å². The molecule has 1 fully saturated rings. The number of rotatable bonds is 4. The van der Waals surface area contributed by atoms with Crippen molar-refractivity contribution in [3.63, 3.8) is 0 Å². The minimum absolute atomic E-state index is 0.106. The number of aromatic nitrogens is 1. The summed E-state index contributed by atoms with van der Waals surface area (Å²) in [5.41, 5.74) is 0.717. The fourth-order valence-electron chi connectivity index (χ4n) is 2.47. The van der Waals surface area contributed by atoms with Crippen molar-refractivity contribution in [3.8, 4) is 0 Å². The van der Waals surface area contributed by atoms with Gasteiger partial charge in [0.25, 0.3) is 5.91 Å². The first-order valence-electron chi connectivity index (χ1n) is 7.35. The second-order valence-electron chi connectivity index (χ2n) is 5.38. The first kappa shape index (κ1) is 14.8. The first-order chi connectivity index (χ1) is 9.61. The van der Waals surface area contributed by atoms with Crippen LogP contribution in [0, 0.1) is 0 Å². The van der Waals surface area contributed by atoms with Crippen molar-refractivity contribution >= 4 is 11.7 Å². The van der Waals surface area contributed by atoms with Gasteiger partial charge in [0, 0.05) is 50.5 Å². The van der Waals surface area contributed by atoms with Crippen LogP contribution in [0.5, 0.6) is 0 Å². The number of nitrogens with one attached hydrogen (secondary N) is 1. The highest BCUT2D eigenvalue weighted by Gasteiger charge is 2.23. The smallest absolute Gasteiger partial charge is 0.254 e. The van der Waals surface area contributed by atoms with Crippen molar-refractivity contribution in [2.24, 2.45) is 0 Å². The van der Waals surface area contributed by atoms with Gasteiger partial charge in [0.1, 0.15) is 5.82 Å². The summed E-state index contributed by atoms with van der Waals surface area (Å²) in [5.74, 6) is 0.870. The molecule has 5 heteroatoms. The molecular weight excluding hydrogens is 252 g/mol. The number of amides is 1. The zero-order valence-electron chi connectivity index (χ0n) is 12.6. The molecule has 1 aromatic rings. The minimum Gasteiger partial charge on any atom is -0.370 e. The Kier molecular flexibility index (Phi) is 4.95. The molecule has 20 heavy (non-hydrogen) atoms. The lowest BCUT2D eigenvalue weighted by atomic mass is 10.2. The van der Waals surface area contributed by atoms with E-state index in [2.05, 4.69) is 29.0 Å². The Bertz CT molecular complexity index is 453. The third-order valence-corrected chi connectivity index (χ3v) is 3.70. The number of carbonyl (C=O) groups excluding carboxylic acids is 1. The van der Waals surface area contributed by atoms with Crippen molar-refractivity contribution < 1.29 is 4.79 Å². The summed E-state index contributed by atoms with van der Waals surface area (Å²) in [6.45, 7) is 10.7. The van der Waals surface area contributed by atoms with Crippen LogP contribution in [-0.4, -0.2) is 59.5 Å². The van der Waals surface area contributed by atoms with E-state index in [9.17, 15) is 4.79 Å². The minimum atomic E-state index is 0.106. The molecule has 5 nitrogen and oxygen atoms in total. The maximum Gasteiger partial charge on any atom is 0.254 e. The average Bonchev–Trinajstić information content (AvgIpc) is 2.47. The van der Waals surface area contributed by atoms with Gasteiger partial charge in [-0.1, -0.05) is 0 Å². The molecule has 1 aliphatic rings. The molecule has 0 atom stereocenters. The van der Waals surface area contributed by atoms with Crippen LogP contribution in [0.3, 0.4) is 0 Å². The number of hydrogen-bond acceptors (Lipinski definition) is 4. The van der Waals surface area contributed by atoms with Crippen LogP contribution in [0.1, 0.15) is 31.1 Å². The number of carbonyl (C=O) groups is 1. The second-order valence-corrected chi connectivity index (χ2v) is 5.38. The van der Waals surface area contributed by atoms with E-state index in [1.54, 1.807) is 12.3 Å². The van der Waals surface area contributed by atoms with Gasteiger partial charge in [-0.2, -0.15) is 0 Å². The molecule has 0 spiro atoms. The Morgan fingerprint density at radius 2 is 2.05 bits per heavy atom. The molecule has 0 unspecified atom stereocenters. The van der Waals surface area contributed by atoms with Crippen LogP contribution in [0.2, 0.25) is 0 Å². The maximum atomic E-state index is 12.5. The van der Waals surface area contributed by atoms with Gasteiger partial charge in [-0.05, 0) is 32.9 Å². The number of nitrogens with zero attached hydrogens (tertiary/aromatic N) is 3. The van der Waals surface area contributed by atoms with Gasteiger partial charge in [-0.25, -0.2) is 4.98 Å². The molecule has 1 aliphatic heterocycles. The number of anilines is 1.